The first-order chi connectivity index (χ1) is 8.68. The van der Waals surface area contributed by atoms with Crippen LogP contribution in [-0.4, -0.2) is 22.7 Å². The van der Waals surface area contributed by atoms with Crippen LogP contribution < -0.4 is 4.74 Å². The van der Waals surface area contributed by atoms with E-state index in [1.807, 2.05) is 30.3 Å². The molecule has 0 aliphatic rings. The van der Waals surface area contributed by atoms with Crippen molar-refractivity contribution < 1.29 is 14.6 Å². The van der Waals surface area contributed by atoms with Crippen LogP contribution in [-0.2, 0) is 4.79 Å². The lowest BCUT2D eigenvalue weighted by Crippen LogP contribution is -2.01. The first-order valence-electron chi connectivity index (χ1n) is 5.55. The summed E-state index contributed by atoms with van der Waals surface area (Å²) in [5, 5.41) is 9.71. The highest BCUT2D eigenvalue weighted by Gasteiger charge is 2.02. The van der Waals surface area contributed by atoms with Gasteiger partial charge >= 0.3 is 5.97 Å². The van der Waals surface area contributed by atoms with E-state index in [1.165, 1.54) is 13.0 Å². The Balaban J connectivity index is 2.18. The molecule has 1 heterocycles. The van der Waals surface area contributed by atoms with Gasteiger partial charge in [0.15, 0.2) is 0 Å². The number of hydrogen-bond acceptors (Lipinski definition) is 3. The molecule has 0 radical (unpaired) electrons. The molecular weight excluding hydrogens is 230 g/mol. The SMILES string of the molecule is CC(=CCOc1cccc2cccnc12)C(=O)O. The van der Waals surface area contributed by atoms with Gasteiger partial charge < -0.3 is 9.84 Å². The van der Waals surface area contributed by atoms with Crippen LogP contribution in [0, 0.1) is 0 Å². The second kappa shape index (κ2) is 5.31. The molecule has 0 aliphatic carbocycles. The van der Waals surface area contributed by atoms with E-state index in [0.29, 0.717) is 5.75 Å². The molecule has 4 nitrogen and oxygen atoms in total. The van der Waals surface area contributed by atoms with Crippen molar-refractivity contribution in [2.24, 2.45) is 0 Å². The van der Waals surface area contributed by atoms with Crippen molar-refractivity contribution in [3.05, 3.63) is 48.2 Å². The second-order valence-electron chi connectivity index (χ2n) is 3.83. The van der Waals surface area contributed by atoms with E-state index < -0.39 is 5.97 Å². The molecule has 2 aromatic rings. The van der Waals surface area contributed by atoms with Crippen molar-refractivity contribution in [1.82, 2.24) is 4.98 Å². The van der Waals surface area contributed by atoms with E-state index in [1.54, 1.807) is 6.20 Å². The van der Waals surface area contributed by atoms with Crippen LogP contribution in [0.3, 0.4) is 0 Å². The summed E-state index contributed by atoms with van der Waals surface area (Å²) in [6.45, 7) is 1.75. The van der Waals surface area contributed by atoms with Gasteiger partial charge in [-0.3, -0.25) is 4.98 Å². The van der Waals surface area contributed by atoms with Gasteiger partial charge in [0.1, 0.15) is 17.9 Å². The number of rotatable bonds is 4. The number of carbonyl (C=O) groups is 1. The van der Waals surface area contributed by atoms with E-state index in [2.05, 4.69) is 4.98 Å². The average Bonchev–Trinajstić information content (AvgIpc) is 2.38. The van der Waals surface area contributed by atoms with Gasteiger partial charge in [-0.2, -0.15) is 0 Å². The minimum atomic E-state index is -0.936. The number of carboxylic acid groups (broad SMARTS) is 1. The summed E-state index contributed by atoms with van der Waals surface area (Å²) >= 11 is 0. The largest absolute Gasteiger partial charge is 0.487 e. The third kappa shape index (κ3) is 2.66. The Bertz CT molecular complexity index is 600. The zero-order chi connectivity index (χ0) is 13.0. The topological polar surface area (TPSA) is 59.4 Å². The molecule has 92 valence electrons. The third-order valence-electron chi connectivity index (χ3n) is 2.56. The Labute approximate surface area is 105 Å². The number of nitrogens with zero attached hydrogens (tertiary/aromatic N) is 1. The summed E-state index contributed by atoms with van der Waals surface area (Å²) in [6.07, 6.45) is 3.23. The molecule has 0 saturated heterocycles. The van der Waals surface area contributed by atoms with Gasteiger partial charge in [-0.1, -0.05) is 18.2 Å². The monoisotopic (exact) mass is 243 g/mol. The number of fused-ring (bicyclic) bond motifs is 1. The summed E-state index contributed by atoms with van der Waals surface area (Å²) < 4.78 is 5.54. The fourth-order valence-electron chi connectivity index (χ4n) is 1.54. The number of pyridine rings is 1. The maximum absolute atomic E-state index is 10.6. The number of ether oxygens (including phenoxy) is 1. The van der Waals surface area contributed by atoms with E-state index in [0.717, 1.165) is 10.9 Å². The molecule has 1 aromatic carbocycles. The Morgan fingerprint density at radius 1 is 1.39 bits per heavy atom. The lowest BCUT2D eigenvalue weighted by atomic mass is 10.2. The number of benzene rings is 1. The van der Waals surface area contributed by atoms with Crippen molar-refractivity contribution >= 4 is 16.9 Å². The van der Waals surface area contributed by atoms with Crippen molar-refractivity contribution in [2.45, 2.75) is 6.92 Å². The van der Waals surface area contributed by atoms with Crippen molar-refractivity contribution in [2.75, 3.05) is 6.61 Å². The number of para-hydroxylation sites is 1. The van der Waals surface area contributed by atoms with Gasteiger partial charge in [-0.05, 0) is 25.1 Å². The highest BCUT2D eigenvalue weighted by molar-refractivity contribution is 5.86. The number of hydrogen-bond donors (Lipinski definition) is 1. The molecule has 1 aromatic heterocycles. The van der Waals surface area contributed by atoms with E-state index in [4.69, 9.17) is 9.84 Å². The van der Waals surface area contributed by atoms with Crippen molar-refractivity contribution in [1.29, 1.82) is 0 Å². The van der Waals surface area contributed by atoms with Gasteiger partial charge in [0, 0.05) is 17.2 Å². The molecule has 0 spiro atoms. The Morgan fingerprint density at radius 2 is 2.17 bits per heavy atom. The predicted octanol–water partition coefficient (Wildman–Crippen LogP) is 2.64. The van der Waals surface area contributed by atoms with Crippen LogP contribution in [0.2, 0.25) is 0 Å². The Hall–Kier alpha value is -2.36. The van der Waals surface area contributed by atoms with Gasteiger partial charge in [-0.15, -0.1) is 0 Å². The Kier molecular flexibility index (Phi) is 3.57. The lowest BCUT2D eigenvalue weighted by molar-refractivity contribution is -0.132. The highest BCUT2D eigenvalue weighted by atomic mass is 16.5. The minimum absolute atomic E-state index is 0.216. The molecule has 1 N–H and O–H groups in total. The first-order valence-corrected chi connectivity index (χ1v) is 5.55. The zero-order valence-electron chi connectivity index (χ0n) is 9.96. The standard InChI is InChI=1S/C14H13NO3/c1-10(14(16)17)7-9-18-12-6-2-4-11-5-3-8-15-13(11)12/h2-8H,9H2,1H3,(H,16,17). The predicted molar refractivity (Wildman–Crippen MR) is 68.6 cm³/mol. The van der Waals surface area contributed by atoms with Crippen LogP contribution >= 0.6 is 0 Å². The quantitative estimate of drug-likeness (QED) is 0.838. The van der Waals surface area contributed by atoms with E-state index >= 15 is 0 Å². The van der Waals surface area contributed by atoms with Gasteiger partial charge in [0.25, 0.3) is 0 Å². The summed E-state index contributed by atoms with van der Waals surface area (Å²) in [5.41, 5.74) is 1.05. The summed E-state index contributed by atoms with van der Waals surface area (Å²) in [7, 11) is 0. The average molecular weight is 243 g/mol. The molecule has 0 saturated carbocycles. The molecule has 0 atom stereocenters. The molecular formula is C14H13NO3. The normalized spacial score (nSPS) is 11.5. The minimum Gasteiger partial charge on any atom is -0.487 e. The molecule has 2 rings (SSSR count). The van der Waals surface area contributed by atoms with E-state index in [-0.39, 0.29) is 12.2 Å². The van der Waals surface area contributed by atoms with Crippen LogP contribution in [0.25, 0.3) is 10.9 Å². The second-order valence-corrected chi connectivity index (χ2v) is 3.83. The fraction of sp³-hybridized carbons (Fsp3) is 0.143. The van der Waals surface area contributed by atoms with Gasteiger partial charge in [0.05, 0.1) is 0 Å². The number of aromatic nitrogens is 1. The van der Waals surface area contributed by atoms with Crippen LogP contribution in [0.15, 0.2) is 48.2 Å². The number of aliphatic carboxylic acids is 1. The van der Waals surface area contributed by atoms with Crippen molar-refractivity contribution in [3.63, 3.8) is 0 Å². The zero-order valence-corrected chi connectivity index (χ0v) is 9.96. The summed E-state index contributed by atoms with van der Waals surface area (Å²) in [4.78, 5) is 14.9. The Morgan fingerprint density at radius 3 is 2.94 bits per heavy atom. The first kappa shape index (κ1) is 12.1. The summed E-state index contributed by atoms with van der Waals surface area (Å²) in [6, 6.07) is 9.47. The molecule has 0 amide bonds. The summed E-state index contributed by atoms with van der Waals surface area (Å²) in [5.74, 6) is -0.280. The van der Waals surface area contributed by atoms with Crippen LogP contribution in [0.5, 0.6) is 5.75 Å². The van der Waals surface area contributed by atoms with E-state index in [9.17, 15) is 4.79 Å². The highest BCUT2D eigenvalue weighted by Crippen LogP contribution is 2.22. The maximum atomic E-state index is 10.6. The molecule has 0 unspecified atom stereocenters. The molecule has 0 bridgehead atoms. The van der Waals surface area contributed by atoms with Gasteiger partial charge in [0.2, 0.25) is 0 Å². The molecule has 18 heavy (non-hydrogen) atoms. The smallest absolute Gasteiger partial charge is 0.331 e. The fourth-order valence-corrected chi connectivity index (χ4v) is 1.54. The van der Waals surface area contributed by atoms with Crippen molar-refractivity contribution in [3.8, 4) is 5.75 Å². The van der Waals surface area contributed by atoms with Gasteiger partial charge in [-0.25, -0.2) is 4.79 Å². The molecule has 4 heteroatoms. The van der Waals surface area contributed by atoms with Crippen LogP contribution in [0.4, 0.5) is 0 Å². The molecule has 0 aliphatic heterocycles. The lowest BCUT2D eigenvalue weighted by Gasteiger charge is -2.06. The number of carboxylic acids is 1. The third-order valence-corrected chi connectivity index (χ3v) is 2.56. The maximum Gasteiger partial charge on any atom is 0.331 e. The van der Waals surface area contributed by atoms with Crippen LogP contribution in [0.1, 0.15) is 6.92 Å². The molecule has 0 fully saturated rings.